The predicted octanol–water partition coefficient (Wildman–Crippen LogP) is 2.38. The summed E-state index contributed by atoms with van der Waals surface area (Å²) in [5, 5.41) is 8.97. The molecule has 0 heterocycles. The number of ether oxygens (including phenoxy) is 1. The van der Waals surface area contributed by atoms with E-state index in [1.165, 1.54) is 0 Å². The number of para-hydroxylation sites is 1. The summed E-state index contributed by atoms with van der Waals surface area (Å²) in [6.07, 6.45) is 1.13. The highest BCUT2D eigenvalue weighted by Gasteiger charge is 2.15. The lowest BCUT2D eigenvalue weighted by molar-refractivity contribution is -0.133. The van der Waals surface area contributed by atoms with Crippen molar-refractivity contribution in [2.75, 3.05) is 19.8 Å². The third-order valence-electron chi connectivity index (χ3n) is 3.17. The fourth-order valence-corrected chi connectivity index (χ4v) is 2.05. The molecule has 0 atom stereocenters. The molecule has 0 aliphatic carbocycles. The largest absolute Gasteiger partial charge is 0.493 e. The second-order valence-corrected chi connectivity index (χ2v) is 5.12. The van der Waals surface area contributed by atoms with Crippen molar-refractivity contribution in [2.45, 2.75) is 39.7 Å². The molecule has 1 N–H and O–H groups in total. The maximum absolute atomic E-state index is 12.0. The molecule has 0 fully saturated rings. The van der Waals surface area contributed by atoms with E-state index < -0.39 is 0 Å². The van der Waals surface area contributed by atoms with E-state index >= 15 is 0 Å². The van der Waals surface area contributed by atoms with E-state index in [1.54, 1.807) is 4.90 Å². The van der Waals surface area contributed by atoms with Crippen LogP contribution < -0.4 is 4.74 Å². The number of hydrogen-bond donors (Lipinski definition) is 1. The van der Waals surface area contributed by atoms with Gasteiger partial charge in [0.2, 0.25) is 5.91 Å². The van der Waals surface area contributed by atoms with Gasteiger partial charge in [-0.2, -0.15) is 0 Å². The summed E-state index contributed by atoms with van der Waals surface area (Å²) in [6.45, 7) is 6.84. The lowest BCUT2D eigenvalue weighted by Gasteiger charge is -2.26. The van der Waals surface area contributed by atoms with Crippen LogP contribution in [0.5, 0.6) is 5.75 Å². The molecule has 1 rings (SSSR count). The third kappa shape index (κ3) is 5.21. The number of amides is 1. The van der Waals surface area contributed by atoms with E-state index in [0.717, 1.165) is 11.3 Å². The van der Waals surface area contributed by atoms with Crippen molar-refractivity contribution in [3.8, 4) is 5.75 Å². The minimum atomic E-state index is 0.00360. The molecule has 1 amide bonds. The van der Waals surface area contributed by atoms with Gasteiger partial charge in [-0.3, -0.25) is 4.79 Å². The number of aliphatic hydroxyl groups is 1. The van der Waals surface area contributed by atoms with E-state index in [0.29, 0.717) is 26.0 Å². The summed E-state index contributed by atoms with van der Waals surface area (Å²) >= 11 is 0. The predicted molar refractivity (Wildman–Crippen MR) is 79.8 cm³/mol. The van der Waals surface area contributed by atoms with Gasteiger partial charge >= 0.3 is 0 Å². The van der Waals surface area contributed by atoms with Gasteiger partial charge in [-0.1, -0.05) is 18.2 Å². The Morgan fingerprint density at radius 1 is 1.35 bits per heavy atom. The van der Waals surface area contributed by atoms with Crippen LogP contribution in [0.4, 0.5) is 0 Å². The van der Waals surface area contributed by atoms with Crippen LogP contribution >= 0.6 is 0 Å². The van der Waals surface area contributed by atoms with Crippen molar-refractivity contribution in [2.24, 2.45) is 0 Å². The van der Waals surface area contributed by atoms with E-state index in [4.69, 9.17) is 9.84 Å². The van der Waals surface area contributed by atoms with Gasteiger partial charge < -0.3 is 14.7 Å². The lowest BCUT2D eigenvalue weighted by atomic mass is 10.2. The monoisotopic (exact) mass is 279 g/mol. The number of rotatable bonds is 8. The second kappa shape index (κ2) is 8.59. The molecule has 4 nitrogen and oxygen atoms in total. The zero-order valence-corrected chi connectivity index (χ0v) is 12.6. The quantitative estimate of drug-likeness (QED) is 0.743. The van der Waals surface area contributed by atoms with Crippen LogP contribution in [0.1, 0.15) is 32.3 Å². The molecule has 0 saturated carbocycles. The first-order chi connectivity index (χ1) is 9.56. The van der Waals surface area contributed by atoms with Crippen LogP contribution in [-0.2, 0) is 4.79 Å². The first-order valence-electron chi connectivity index (χ1n) is 7.15. The molecule has 4 heteroatoms. The number of benzene rings is 1. The van der Waals surface area contributed by atoms with E-state index in [2.05, 4.69) is 0 Å². The first-order valence-corrected chi connectivity index (χ1v) is 7.15. The molecule has 1 aromatic carbocycles. The van der Waals surface area contributed by atoms with Gasteiger partial charge in [0.25, 0.3) is 0 Å². The topological polar surface area (TPSA) is 49.8 Å². The SMILES string of the molecule is Cc1ccccc1OCCCC(=O)N(CCO)C(C)C. The zero-order chi connectivity index (χ0) is 15.0. The summed E-state index contributed by atoms with van der Waals surface area (Å²) in [5.41, 5.74) is 1.10. The molecule has 0 radical (unpaired) electrons. The Bertz CT molecular complexity index is 418. The van der Waals surface area contributed by atoms with Crippen molar-refractivity contribution in [3.63, 3.8) is 0 Å². The summed E-state index contributed by atoms with van der Waals surface area (Å²) in [4.78, 5) is 13.7. The molecule has 1 aromatic rings. The van der Waals surface area contributed by atoms with Crippen molar-refractivity contribution in [1.29, 1.82) is 0 Å². The number of hydrogen-bond acceptors (Lipinski definition) is 3. The van der Waals surface area contributed by atoms with Gasteiger partial charge in [-0.05, 0) is 38.8 Å². The summed E-state index contributed by atoms with van der Waals surface area (Å²) in [7, 11) is 0. The average molecular weight is 279 g/mol. The van der Waals surface area contributed by atoms with Gasteiger partial charge in [-0.25, -0.2) is 0 Å². The Kier molecular flexibility index (Phi) is 7.09. The van der Waals surface area contributed by atoms with Crippen LogP contribution in [0.25, 0.3) is 0 Å². The summed E-state index contributed by atoms with van der Waals surface area (Å²) < 4.78 is 5.67. The Hall–Kier alpha value is -1.55. The molecule has 20 heavy (non-hydrogen) atoms. The van der Waals surface area contributed by atoms with Crippen molar-refractivity contribution < 1.29 is 14.6 Å². The van der Waals surface area contributed by atoms with Gasteiger partial charge in [0.15, 0.2) is 0 Å². The molecular weight excluding hydrogens is 254 g/mol. The van der Waals surface area contributed by atoms with Crippen LogP contribution in [-0.4, -0.2) is 41.7 Å². The Morgan fingerprint density at radius 2 is 2.05 bits per heavy atom. The smallest absolute Gasteiger partial charge is 0.223 e. The van der Waals surface area contributed by atoms with E-state index in [-0.39, 0.29) is 18.6 Å². The zero-order valence-electron chi connectivity index (χ0n) is 12.6. The van der Waals surface area contributed by atoms with Crippen LogP contribution in [0.15, 0.2) is 24.3 Å². The highest BCUT2D eigenvalue weighted by Crippen LogP contribution is 2.16. The second-order valence-electron chi connectivity index (χ2n) is 5.12. The molecule has 0 bridgehead atoms. The molecule has 112 valence electrons. The average Bonchev–Trinajstić information content (AvgIpc) is 2.42. The standard InChI is InChI=1S/C16H25NO3/c1-13(2)17(10-11-18)16(19)9-6-12-20-15-8-5-4-7-14(15)3/h4-5,7-8,13,18H,6,9-12H2,1-3H3. The lowest BCUT2D eigenvalue weighted by Crippen LogP contribution is -2.39. The molecule has 0 spiro atoms. The Labute approximate surface area is 121 Å². The number of aryl methyl sites for hydroxylation is 1. The maximum Gasteiger partial charge on any atom is 0.223 e. The van der Waals surface area contributed by atoms with Gasteiger partial charge in [0.1, 0.15) is 5.75 Å². The van der Waals surface area contributed by atoms with Gasteiger partial charge in [0.05, 0.1) is 13.2 Å². The third-order valence-corrected chi connectivity index (χ3v) is 3.17. The van der Waals surface area contributed by atoms with Crippen LogP contribution in [0, 0.1) is 6.92 Å². The molecule has 0 aliphatic heterocycles. The summed E-state index contributed by atoms with van der Waals surface area (Å²) in [5.74, 6) is 0.943. The Morgan fingerprint density at radius 3 is 2.65 bits per heavy atom. The van der Waals surface area contributed by atoms with Gasteiger partial charge in [-0.15, -0.1) is 0 Å². The van der Waals surface area contributed by atoms with E-state index in [9.17, 15) is 4.79 Å². The minimum Gasteiger partial charge on any atom is -0.493 e. The molecule has 0 saturated heterocycles. The fraction of sp³-hybridized carbons (Fsp3) is 0.562. The number of aliphatic hydroxyl groups excluding tert-OH is 1. The molecular formula is C16H25NO3. The van der Waals surface area contributed by atoms with Crippen molar-refractivity contribution in [1.82, 2.24) is 4.90 Å². The fourth-order valence-electron chi connectivity index (χ4n) is 2.05. The van der Waals surface area contributed by atoms with Crippen LogP contribution in [0.2, 0.25) is 0 Å². The molecule has 0 aromatic heterocycles. The molecule has 0 unspecified atom stereocenters. The van der Waals surface area contributed by atoms with Crippen molar-refractivity contribution in [3.05, 3.63) is 29.8 Å². The number of carbonyl (C=O) groups excluding carboxylic acids is 1. The Balaban J connectivity index is 2.33. The minimum absolute atomic E-state index is 0.00360. The summed E-state index contributed by atoms with van der Waals surface area (Å²) in [6, 6.07) is 7.97. The van der Waals surface area contributed by atoms with Crippen molar-refractivity contribution >= 4 is 5.91 Å². The van der Waals surface area contributed by atoms with Gasteiger partial charge in [0, 0.05) is 19.0 Å². The maximum atomic E-state index is 12.0. The molecule has 0 aliphatic rings. The van der Waals surface area contributed by atoms with E-state index in [1.807, 2.05) is 45.0 Å². The highest BCUT2D eigenvalue weighted by molar-refractivity contribution is 5.76. The normalized spacial score (nSPS) is 10.7. The highest BCUT2D eigenvalue weighted by atomic mass is 16.5. The van der Waals surface area contributed by atoms with Crippen LogP contribution in [0.3, 0.4) is 0 Å². The number of nitrogens with zero attached hydrogens (tertiary/aromatic N) is 1. The number of carbonyl (C=O) groups is 1. The first kappa shape index (κ1) is 16.5.